The number of pyridine rings is 1. The van der Waals surface area contributed by atoms with E-state index in [4.69, 9.17) is 4.18 Å². The van der Waals surface area contributed by atoms with E-state index in [-0.39, 0.29) is 22.3 Å². The highest BCUT2D eigenvalue weighted by atomic mass is 32.2. The number of benzene rings is 2. The van der Waals surface area contributed by atoms with Crippen molar-refractivity contribution in [2.24, 2.45) is 0 Å². The van der Waals surface area contributed by atoms with E-state index < -0.39 is 10.1 Å². The van der Waals surface area contributed by atoms with E-state index in [0.29, 0.717) is 46.9 Å². The van der Waals surface area contributed by atoms with Crippen LogP contribution < -0.4 is 9.08 Å². The molecule has 0 bridgehead atoms. The Kier molecular flexibility index (Phi) is 6.24. The molecule has 5 aromatic rings. The second-order valence-corrected chi connectivity index (χ2v) is 10.9. The lowest BCUT2D eigenvalue weighted by Crippen LogP contribution is -2.24. The van der Waals surface area contributed by atoms with Gasteiger partial charge in [-0.2, -0.15) is 13.7 Å². The lowest BCUT2D eigenvalue weighted by Gasteiger charge is -2.17. The van der Waals surface area contributed by atoms with Crippen molar-refractivity contribution in [1.82, 2.24) is 19.4 Å². The maximum absolute atomic E-state index is 13.2. The average Bonchev–Trinajstić information content (AvgIpc) is 3.63. The number of imidazole rings is 1. The Hall–Kier alpha value is -5.08. The zero-order valence-corrected chi connectivity index (χ0v) is 22.2. The van der Waals surface area contributed by atoms with Crippen LogP contribution in [-0.2, 0) is 14.9 Å². The molecule has 0 atom stereocenters. The molecule has 1 aliphatic rings. The van der Waals surface area contributed by atoms with E-state index in [2.05, 4.69) is 21.0 Å². The highest BCUT2D eigenvalue weighted by Crippen LogP contribution is 2.36. The van der Waals surface area contributed by atoms with E-state index in [1.807, 2.05) is 13.0 Å². The molecule has 4 heterocycles. The van der Waals surface area contributed by atoms with Crippen molar-refractivity contribution in [3.05, 3.63) is 90.4 Å². The Morgan fingerprint density at radius 3 is 2.38 bits per heavy atom. The highest BCUT2D eigenvalue weighted by molar-refractivity contribution is 7.87. The van der Waals surface area contributed by atoms with Gasteiger partial charge in [0.25, 0.3) is 5.88 Å². The molecule has 0 aliphatic carbocycles. The predicted molar refractivity (Wildman–Crippen MR) is 147 cm³/mol. The maximum Gasteiger partial charge on any atom is 0.340 e. The van der Waals surface area contributed by atoms with Crippen molar-refractivity contribution in [2.75, 3.05) is 11.4 Å². The summed E-state index contributed by atoms with van der Waals surface area (Å²) in [5.74, 6) is 0.402. The van der Waals surface area contributed by atoms with Gasteiger partial charge in [-0.25, -0.2) is 15.0 Å². The fraction of sp³-hybridized carbons (Fsp3) is 0.138. The number of nitrogens with zero attached hydrogens (tertiary/aromatic N) is 6. The topological polar surface area (TPSA) is 131 Å². The zero-order valence-electron chi connectivity index (χ0n) is 21.4. The second-order valence-electron chi connectivity index (χ2n) is 9.33. The van der Waals surface area contributed by atoms with Crippen LogP contribution in [-0.4, -0.2) is 40.2 Å². The van der Waals surface area contributed by atoms with Gasteiger partial charge in [-0.15, -0.1) is 0 Å². The van der Waals surface area contributed by atoms with Crippen LogP contribution in [0.4, 0.5) is 5.82 Å². The van der Waals surface area contributed by atoms with Crippen LogP contribution in [0.25, 0.3) is 28.2 Å². The third kappa shape index (κ3) is 4.54. The summed E-state index contributed by atoms with van der Waals surface area (Å²) in [4.78, 5) is 27.4. The fourth-order valence-corrected chi connectivity index (χ4v) is 5.51. The SMILES string of the molecule is Cc1ccc(S(=O)(=O)Oc2nc(-c3ccc(C#N)cc3)c(-c3ccc(N4CCCC4=O)nc3)n3ccnc23)cc1. The van der Waals surface area contributed by atoms with Gasteiger partial charge in [-0.1, -0.05) is 29.8 Å². The average molecular weight is 551 g/mol. The lowest BCUT2D eigenvalue weighted by molar-refractivity contribution is -0.117. The van der Waals surface area contributed by atoms with E-state index in [1.165, 1.54) is 18.3 Å². The summed E-state index contributed by atoms with van der Waals surface area (Å²) in [6, 6.07) is 18.8. The van der Waals surface area contributed by atoms with Crippen LogP contribution in [0.1, 0.15) is 24.0 Å². The van der Waals surface area contributed by atoms with Crippen molar-refractivity contribution in [2.45, 2.75) is 24.7 Å². The Morgan fingerprint density at radius 1 is 0.975 bits per heavy atom. The Labute approximate surface area is 230 Å². The molecule has 6 rings (SSSR count). The molecule has 11 heteroatoms. The molecule has 1 fully saturated rings. The molecular weight excluding hydrogens is 528 g/mol. The first-order chi connectivity index (χ1) is 19.3. The van der Waals surface area contributed by atoms with Crippen molar-refractivity contribution < 1.29 is 17.4 Å². The molecule has 1 saturated heterocycles. The monoisotopic (exact) mass is 550 g/mol. The van der Waals surface area contributed by atoms with Crippen LogP contribution >= 0.6 is 0 Å². The predicted octanol–water partition coefficient (Wildman–Crippen LogP) is 4.53. The molecule has 3 aromatic heterocycles. The van der Waals surface area contributed by atoms with Crippen molar-refractivity contribution in [3.8, 4) is 34.5 Å². The first kappa shape index (κ1) is 25.2. The van der Waals surface area contributed by atoms with Gasteiger partial charge in [-0.05, 0) is 49.7 Å². The van der Waals surface area contributed by atoms with Gasteiger partial charge in [-0.3, -0.25) is 14.1 Å². The first-order valence-electron chi connectivity index (χ1n) is 12.5. The molecule has 0 radical (unpaired) electrons. The largest absolute Gasteiger partial charge is 0.354 e. The molecule has 1 amide bonds. The van der Waals surface area contributed by atoms with Crippen LogP contribution in [0.2, 0.25) is 0 Å². The number of carbonyl (C=O) groups excluding carboxylic acids is 1. The van der Waals surface area contributed by atoms with Crippen molar-refractivity contribution in [3.63, 3.8) is 0 Å². The molecule has 2 aromatic carbocycles. The summed E-state index contributed by atoms with van der Waals surface area (Å²) in [5, 5.41) is 9.28. The molecular formula is C29H22N6O4S. The van der Waals surface area contributed by atoms with Crippen LogP contribution in [0.3, 0.4) is 0 Å². The van der Waals surface area contributed by atoms with Crippen molar-refractivity contribution in [1.29, 1.82) is 5.26 Å². The summed E-state index contributed by atoms with van der Waals surface area (Å²) in [7, 11) is -4.22. The van der Waals surface area contributed by atoms with Gasteiger partial charge in [0.05, 0.1) is 23.0 Å². The normalized spacial score (nSPS) is 13.5. The molecule has 10 nitrogen and oxygen atoms in total. The highest BCUT2D eigenvalue weighted by Gasteiger charge is 2.26. The summed E-state index contributed by atoms with van der Waals surface area (Å²) in [6.07, 6.45) is 6.15. The van der Waals surface area contributed by atoms with Gasteiger partial charge < -0.3 is 4.18 Å². The quantitative estimate of drug-likeness (QED) is 0.282. The van der Waals surface area contributed by atoms with Crippen LogP contribution in [0, 0.1) is 18.3 Å². The fourth-order valence-electron chi connectivity index (χ4n) is 4.63. The number of anilines is 1. The molecule has 198 valence electrons. The maximum atomic E-state index is 13.2. The molecule has 0 unspecified atom stereocenters. The number of nitriles is 1. The second kappa shape index (κ2) is 9.91. The number of aryl methyl sites for hydroxylation is 1. The summed E-state index contributed by atoms with van der Waals surface area (Å²) in [6.45, 7) is 2.48. The van der Waals surface area contributed by atoms with Crippen LogP contribution in [0.5, 0.6) is 5.88 Å². The number of hydrogen-bond acceptors (Lipinski definition) is 8. The first-order valence-corrected chi connectivity index (χ1v) is 13.9. The third-order valence-corrected chi connectivity index (χ3v) is 7.89. The summed E-state index contributed by atoms with van der Waals surface area (Å²) < 4.78 is 33.6. The van der Waals surface area contributed by atoms with Gasteiger partial charge in [0.1, 0.15) is 10.7 Å². The minimum Gasteiger partial charge on any atom is -0.354 e. The Bertz CT molecular complexity index is 1890. The minimum absolute atomic E-state index is 0.00939. The number of rotatable bonds is 6. The van der Waals surface area contributed by atoms with E-state index in [1.54, 1.807) is 64.2 Å². The standard InChI is InChI=1S/C29H22N6O4S/c1-19-4-11-23(12-5-19)40(37,38)39-29-28-31-14-16-35(28)27(26(33-29)21-8-6-20(17-30)7-9-21)22-10-13-24(32-18-22)34-15-2-3-25(34)36/h4-14,16,18H,2-3,15H2,1H3. The number of carbonyl (C=O) groups is 1. The van der Waals surface area contributed by atoms with Crippen molar-refractivity contribution >= 4 is 27.5 Å². The zero-order chi connectivity index (χ0) is 27.9. The molecule has 0 saturated carbocycles. The van der Waals surface area contributed by atoms with Gasteiger partial charge in [0.2, 0.25) is 11.6 Å². The van der Waals surface area contributed by atoms with Crippen LogP contribution in [0.15, 0.2) is 84.1 Å². The van der Waals surface area contributed by atoms with Gasteiger partial charge in [0.15, 0.2) is 0 Å². The Balaban J connectivity index is 1.51. The number of fused-ring (bicyclic) bond motifs is 1. The van der Waals surface area contributed by atoms with E-state index in [0.717, 1.165) is 12.0 Å². The third-order valence-electron chi connectivity index (χ3n) is 6.67. The van der Waals surface area contributed by atoms with Gasteiger partial charge >= 0.3 is 10.1 Å². The smallest absolute Gasteiger partial charge is 0.340 e. The minimum atomic E-state index is -4.22. The number of amides is 1. The lowest BCUT2D eigenvalue weighted by atomic mass is 10.0. The molecule has 0 spiro atoms. The van der Waals surface area contributed by atoms with E-state index >= 15 is 0 Å². The molecule has 40 heavy (non-hydrogen) atoms. The summed E-state index contributed by atoms with van der Waals surface area (Å²) in [5.41, 5.74) is 3.85. The van der Waals surface area contributed by atoms with E-state index in [9.17, 15) is 18.5 Å². The number of hydrogen-bond donors (Lipinski definition) is 0. The molecule has 1 aliphatic heterocycles. The molecule has 0 N–H and O–H groups in total. The Morgan fingerprint density at radius 2 is 1.73 bits per heavy atom. The van der Waals surface area contributed by atoms with Gasteiger partial charge in [0, 0.05) is 42.7 Å². The summed E-state index contributed by atoms with van der Waals surface area (Å²) >= 11 is 0. The number of aromatic nitrogens is 4.